The summed E-state index contributed by atoms with van der Waals surface area (Å²) >= 11 is 6.03. The van der Waals surface area contributed by atoms with E-state index in [-0.39, 0.29) is 5.28 Å². The van der Waals surface area contributed by atoms with E-state index in [9.17, 15) is 0 Å². The average Bonchev–Trinajstić information content (AvgIpc) is 3.08. The molecule has 0 spiro atoms. The molecule has 2 aromatic heterocycles. The largest absolute Gasteiger partial charge is 0.340 e. The van der Waals surface area contributed by atoms with Gasteiger partial charge in [-0.15, -0.1) is 0 Å². The van der Waals surface area contributed by atoms with Gasteiger partial charge in [-0.2, -0.15) is 20.1 Å². The van der Waals surface area contributed by atoms with Gasteiger partial charge in [0.15, 0.2) is 0 Å². The van der Waals surface area contributed by atoms with E-state index in [0.717, 1.165) is 25.4 Å². The number of halogens is 1. The summed E-state index contributed by atoms with van der Waals surface area (Å²) in [6.07, 6.45) is 7.12. The summed E-state index contributed by atoms with van der Waals surface area (Å²) in [6, 6.07) is 1.82. The molecule has 0 aliphatic heterocycles. The third kappa shape index (κ3) is 3.07. The van der Waals surface area contributed by atoms with Gasteiger partial charge in [0, 0.05) is 25.5 Å². The van der Waals surface area contributed by atoms with E-state index >= 15 is 0 Å². The second-order valence-corrected chi connectivity index (χ2v) is 5.38. The molecule has 106 valence electrons. The van der Waals surface area contributed by atoms with E-state index in [2.05, 4.69) is 31.9 Å². The molecule has 0 bridgehead atoms. The topological polar surface area (TPSA) is 59.7 Å². The van der Waals surface area contributed by atoms with Crippen LogP contribution in [0.15, 0.2) is 18.5 Å². The number of aromatic nitrogens is 5. The molecule has 0 unspecified atom stereocenters. The normalized spacial score (nSPS) is 14.5. The van der Waals surface area contributed by atoms with E-state index in [4.69, 9.17) is 11.6 Å². The minimum Gasteiger partial charge on any atom is -0.340 e. The molecule has 0 radical (unpaired) electrons. The van der Waals surface area contributed by atoms with Crippen molar-refractivity contribution < 1.29 is 0 Å². The van der Waals surface area contributed by atoms with Crippen LogP contribution in [-0.4, -0.2) is 37.8 Å². The van der Waals surface area contributed by atoms with Crippen LogP contribution in [0.25, 0.3) is 5.95 Å². The Labute approximate surface area is 122 Å². The second kappa shape index (κ2) is 5.75. The van der Waals surface area contributed by atoms with Gasteiger partial charge in [0.05, 0.1) is 0 Å². The lowest BCUT2D eigenvalue weighted by Gasteiger charge is -2.22. The van der Waals surface area contributed by atoms with Gasteiger partial charge >= 0.3 is 0 Å². The predicted octanol–water partition coefficient (Wildman–Crippen LogP) is 2.34. The van der Waals surface area contributed by atoms with Gasteiger partial charge in [0.1, 0.15) is 0 Å². The van der Waals surface area contributed by atoms with Crippen LogP contribution in [0, 0.1) is 5.92 Å². The van der Waals surface area contributed by atoms with E-state index in [1.54, 1.807) is 17.1 Å². The molecule has 3 rings (SSSR count). The molecule has 20 heavy (non-hydrogen) atoms. The van der Waals surface area contributed by atoms with Gasteiger partial charge in [0.25, 0.3) is 5.95 Å². The Morgan fingerprint density at radius 3 is 2.85 bits per heavy atom. The minimum absolute atomic E-state index is 0.206. The maximum absolute atomic E-state index is 6.03. The monoisotopic (exact) mass is 292 g/mol. The van der Waals surface area contributed by atoms with Crippen LogP contribution in [0.1, 0.15) is 26.2 Å². The molecule has 2 aromatic rings. The fourth-order valence-electron chi connectivity index (χ4n) is 2.12. The van der Waals surface area contributed by atoms with Crippen molar-refractivity contribution in [1.29, 1.82) is 0 Å². The van der Waals surface area contributed by atoms with Gasteiger partial charge in [-0.25, -0.2) is 4.68 Å². The summed E-state index contributed by atoms with van der Waals surface area (Å²) in [5, 5.41) is 4.34. The van der Waals surface area contributed by atoms with Crippen LogP contribution in [0.2, 0.25) is 5.28 Å². The third-order valence-corrected chi connectivity index (χ3v) is 3.41. The van der Waals surface area contributed by atoms with Gasteiger partial charge in [-0.1, -0.05) is 6.92 Å². The van der Waals surface area contributed by atoms with Gasteiger partial charge in [-0.3, -0.25) is 0 Å². The molecular weight excluding hydrogens is 276 g/mol. The molecule has 0 N–H and O–H groups in total. The average molecular weight is 293 g/mol. The van der Waals surface area contributed by atoms with E-state index in [1.807, 2.05) is 6.07 Å². The molecule has 1 saturated carbocycles. The molecule has 2 heterocycles. The van der Waals surface area contributed by atoms with Crippen LogP contribution < -0.4 is 4.90 Å². The summed E-state index contributed by atoms with van der Waals surface area (Å²) in [7, 11) is 0. The van der Waals surface area contributed by atoms with E-state index < -0.39 is 0 Å². The van der Waals surface area contributed by atoms with Crippen molar-refractivity contribution in [2.45, 2.75) is 26.2 Å². The molecule has 1 fully saturated rings. The lowest BCUT2D eigenvalue weighted by molar-refractivity contribution is 0.678. The summed E-state index contributed by atoms with van der Waals surface area (Å²) in [6.45, 7) is 4.07. The quantitative estimate of drug-likeness (QED) is 0.818. The Bertz CT molecular complexity index is 566. The fourth-order valence-corrected chi connectivity index (χ4v) is 2.27. The van der Waals surface area contributed by atoms with Gasteiger partial charge in [-0.05, 0) is 42.8 Å². The number of anilines is 1. The van der Waals surface area contributed by atoms with Crippen molar-refractivity contribution in [3.05, 3.63) is 23.7 Å². The molecule has 0 saturated heterocycles. The van der Waals surface area contributed by atoms with Crippen molar-refractivity contribution in [3.8, 4) is 5.95 Å². The summed E-state index contributed by atoms with van der Waals surface area (Å²) in [5.41, 5.74) is 0. The van der Waals surface area contributed by atoms with Crippen molar-refractivity contribution in [3.63, 3.8) is 0 Å². The van der Waals surface area contributed by atoms with Crippen LogP contribution >= 0.6 is 11.6 Å². The number of hydrogen-bond acceptors (Lipinski definition) is 5. The first-order valence-electron chi connectivity index (χ1n) is 6.93. The molecule has 6 nitrogen and oxygen atoms in total. The second-order valence-electron chi connectivity index (χ2n) is 5.04. The molecule has 0 amide bonds. The van der Waals surface area contributed by atoms with Crippen molar-refractivity contribution in [2.24, 2.45) is 5.92 Å². The predicted molar refractivity (Wildman–Crippen MR) is 77.2 cm³/mol. The van der Waals surface area contributed by atoms with Gasteiger partial charge < -0.3 is 4.90 Å². The standard InChI is InChI=1S/C13H17ClN6/c1-2-7-19(9-10-4-5-10)12-16-11(14)17-13(18-12)20-8-3-6-15-20/h3,6,8,10H,2,4-5,7,9H2,1H3. The molecule has 0 atom stereocenters. The lowest BCUT2D eigenvalue weighted by Crippen LogP contribution is -2.29. The maximum Gasteiger partial charge on any atom is 0.256 e. The molecular formula is C13H17ClN6. The summed E-state index contributed by atoms with van der Waals surface area (Å²) in [5.74, 6) is 1.87. The Morgan fingerprint density at radius 2 is 2.20 bits per heavy atom. The van der Waals surface area contributed by atoms with Crippen molar-refractivity contribution in [2.75, 3.05) is 18.0 Å². The molecule has 7 heteroatoms. The van der Waals surface area contributed by atoms with Crippen LogP contribution in [0.3, 0.4) is 0 Å². The minimum atomic E-state index is 0.206. The Kier molecular flexibility index (Phi) is 3.82. The highest BCUT2D eigenvalue weighted by atomic mass is 35.5. The summed E-state index contributed by atoms with van der Waals surface area (Å²) < 4.78 is 1.60. The van der Waals surface area contributed by atoms with E-state index in [1.165, 1.54) is 12.8 Å². The zero-order valence-electron chi connectivity index (χ0n) is 11.4. The smallest absolute Gasteiger partial charge is 0.256 e. The first-order valence-corrected chi connectivity index (χ1v) is 7.30. The van der Waals surface area contributed by atoms with Gasteiger partial charge in [0.2, 0.25) is 11.2 Å². The number of nitrogens with zero attached hydrogens (tertiary/aromatic N) is 6. The van der Waals surface area contributed by atoms with Crippen molar-refractivity contribution in [1.82, 2.24) is 24.7 Å². The highest BCUT2D eigenvalue weighted by molar-refractivity contribution is 6.28. The lowest BCUT2D eigenvalue weighted by atomic mass is 10.3. The first-order chi connectivity index (χ1) is 9.76. The zero-order valence-corrected chi connectivity index (χ0v) is 12.2. The van der Waals surface area contributed by atoms with Crippen LogP contribution in [-0.2, 0) is 0 Å². The fraction of sp³-hybridized carbons (Fsp3) is 0.538. The van der Waals surface area contributed by atoms with Crippen molar-refractivity contribution >= 4 is 17.5 Å². The van der Waals surface area contributed by atoms with Crippen LogP contribution in [0.5, 0.6) is 0 Å². The Hall–Kier alpha value is -1.69. The first kappa shape index (κ1) is 13.3. The van der Waals surface area contributed by atoms with E-state index in [0.29, 0.717) is 11.9 Å². The van der Waals surface area contributed by atoms with Crippen LogP contribution in [0.4, 0.5) is 5.95 Å². The molecule has 0 aromatic carbocycles. The third-order valence-electron chi connectivity index (χ3n) is 3.25. The molecule has 1 aliphatic rings. The zero-order chi connectivity index (χ0) is 13.9. The maximum atomic E-state index is 6.03. The number of hydrogen-bond donors (Lipinski definition) is 0. The highest BCUT2D eigenvalue weighted by Gasteiger charge is 2.25. The molecule has 1 aliphatic carbocycles. The summed E-state index contributed by atoms with van der Waals surface area (Å²) in [4.78, 5) is 15.1. The highest BCUT2D eigenvalue weighted by Crippen LogP contribution is 2.31. The Balaban J connectivity index is 1.90. The Morgan fingerprint density at radius 1 is 1.35 bits per heavy atom. The number of rotatable bonds is 6. The SMILES string of the molecule is CCCN(CC1CC1)c1nc(Cl)nc(-n2cccn2)n1.